The Labute approximate surface area is 306 Å². The van der Waals surface area contributed by atoms with Crippen molar-refractivity contribution >= 4 is 50.8 Å². The molecule has 1 spiro atoms. The Kier molecular flexibility index (Phi) is 6.43. The summed E-state index contributed by atoms with van der Waals surface area (Å²) in [4.78, 5) is 4.97. The van der Waals surface area contributed by atoms with E-state index in [1.165, 1.54) is 54.3 Å². The lowest BCUT2D eigenvalue weighted by Crippen LogP contribution is -2.31. The second-order valence-corrected chi connectivity index (χ2v) is 14.7. The number of hydrogen-bond donors (Lipinski definition) is 0. The summed E-state index contributed by atoms with van der Waals surface area (Å²) in [5.41, 5.74) is 14.7. The number of anilines is 3. The minimum atomic E-state index is -0.450. The summed E-state index contributed by atoms with van der Waals surface area (Å²) in [5, 5.41) is 2.22. The Morgan fingerprint density at radius 3 is 1.81 bits per heavy atom. The molecule has 0 unspecified atom stereocenters. The largest absolute Gasteiger partial charge is 0.456 e. The van der Waals surface area contributed by atoms with Crippen molar-refractivity contribution in [2.45, 2.75) is 15.2 Å². The van der Waals surface area contributed by atoms with Gasteiger partial charge in [0.25, 0.3) is 0 Å². The van der Waals surface area contributed by atoms with E-state index in [1.807, 2.05) is 11.8 Å². The fourth-order valence-corrected chi connectivity index (χ4v) is 9.99. The molecule has 52 heavy (non-hydrogen) atoms. The minimum absolute atomic E-state index is 0.450. The highest BCUT2D eigenvalue weighted by molar-refractivity contribution is 7.99. The number of nitrogens with zero attached hydrogens (tertiary/aromatic N) is 1. The van der Waals surface area contributed by atoms with E-state index >= 15 is 0 Å². The number of hydrogen-bond acceptors (Lipinski definition) is 3. The van der Waals surface area contributed by atoms with Crippen LogP contribution in [0.1, 0.15) is 22.3 Å². The van der Waals surface area contributed by atoms with Crippen molar-refractivity contribution < 1.29 is 4.42 Å². The minimum Gasteiger partial charge on any atom is -0.456 e. The molecule has 0 bridgehead atoms. The zero-order valence-electron chi connectivity index (χ0n) is 28.2. The molecule has 0 amide bonds. The van der Waals surface area contributed by atoms with Crippen LogP contribution in [-0.2, 0) is 5.41 Å². The van der Waals surface area contributed by atoms with Gasteiger partial charge in [0.15, 0.2) is 0 Å². The summed E-state index contributed by atoms with van der Waals surface area (Å²) >= 11 is 1.87. The van der Waals surface area contributed by atoms with Crippen LogP contribution in [0.15, 0.2) is 202 Å². The zero-order valence-corrected chi connectivity index (χ0v) is 29.0. The summed E-state index contributed by atoms with van der Waals surface area (Å²) in [6.45, 7) is 0. The first kappa shape index (κ1) is 29.4. The van der Waals surface area contributed by atoms with Gasteiger partial charge in [-0.1, -0.05) is 139 Å². The van der Waals surface area contributed by atoms with Crippen LogP contribution in [0, 0.1) is 0 Å². The topological polar surface area (TPSA) is 16.4 Å². The molecule has 9 aromatic rings. The molecule has 0 radical (unpaired) electrons. The summed E-state index contributed by atoms with van der Waals surface area (Å²) in [6.07, 6.45) is 0. The monoisotopic (exact) mass is 681 g/mol. The van der Waals surface area contributed by atoms with Crippen molar-refractivity contribution in [1.29, 1.82) is 0 Å². The van der Waals surface area contributed by atoms with Gasteiger partial charge in [-0.2, -0.15) is 0 Å². The third-order valence-electron chi connectivity index (χ3n) is 10.9. The summed E-state index contributed by atoms with van der Waals surface area (Å²) in [5.74, 6) is 0. The van der Waals surface area contributed by atoms with E-state index in [9.17, 15) is 0 Å². The van der Waals surface area contributed by atoms with Crippen LogP contribution in [-0.4, -0.2) is 0 Å². The third-order valence-corrected chi connectivity index (χ3v) is 12.1. The van der Waals surface area contributed by atoms with Crippen LogP contribution in [0.4, 0.5) is 17.1 Å². The van der Waals surface area contributed by atoms with Crippen LogP contribution >= 0.6 is 11.8 Å². The van der Waals surface area contributed by atoms with Crippen LogP contribution in [0.2, 0.25) is 0 Å². The molecule has 3 heteroatoms. The molecule has 1 aliphatic carbocycles. The second-order valence-electron chi connectivity index (χ2n) is 13.6. The first-order valence-corrected chi connectivity index (χ1v) is 18.6. The summed E-state index contributed by atoms with van der Waals surface area (Å²) in [7, 11) is 0. The first-order valence-electron chi connectivity index (χ1n) is 17.8. The fraction of sp³-hybridized carbons (Fsp3) is 0.0204. The number of benzene rings is 8. The van der Waals surface area contributed by atoms with Crippen molar-refractivity contribution in [2.75, 3.05) is 4.90 Å². The van der Waals surface area contributed by atoms with Crippen molar-refractivity contribution in [3.63, 3.8) is 0 Å². The molecule has 0 saturated carbocycles. The van der Waals surface area contributed by atoms with Crippen molar-refractivity contribution in [3.8, 4) is 22.3 Å². The van der Waals surface area contributed by atoms with Crippen LogP contribution in [0.5, 0.6) is 0 Å². The Balaban J connectivity index is 1.19. The van der Waals surface area contributed by atoms with Gasteiger partial charge < -0.3 is 9.32 Å². The van der Waals surface area contributed by atoms with Gasteiger partial charge in [-0.15, -0.1) is 0 Å². The summed E-state index contributed by atoms with van der Waals surface area (Å²) < 4.78 is 6.91. The molecule has 8 aromatic carbocycles. The Hall–Kier alpha value is -6.29. The van der Waals surface area contributed by atoms with E-state index in [-0.39, 0.29) is 0 Å². The van der Waals surface area contributed by atoms with Crippen LogP contribution < -0.4 is 4.90 Å². The number of furan rings is 1. The van der Waals surface area contributed by atoms with Crippen molar-refractivity contribution in [2.24, 2.45) is 0 Å². The lowest BCUT2D eigenvalue weighted by molar-refractivity contribution is 0.664. The van der Waals surface area contributed by atoms with E-state index < -0.39 is 5.41 Å². The quantitative estimate of drug-likeness (QED) is 0.184. The molecule has 2 aliphatic rings. The molecule has 244 valence electrons. The molecular formula is C49H31NOS. The van der Waals surface area contributed by atoms with E-state index in [2.05, 4.69) is 193 Å². The van der Waals surface area contributed by atoms with E-state index in [4.69, 9.17) is 4.42 Å². The van der Waals surface area contributed by atoms with Gasteiger partial charge in [0.05, 0.1) is 16.5 Å². The Morgan fingerprint density at radius 2 is 1.04 bits per heavy atom. The molecule has 0 atom stereocenters. The predicted molar refractivity (Wildman–Crippen MR) is 215 cm³/mol. The van der Waals surface area contributed by atoms with E-state index in [0.29, 0.717) is 0 Å². The van der Waals surface area contributed by atoms with Crippen molar-refractivity contribution in [1.82, 2.24) is 0 Å². The van der Waals surface area contributed by atoms with Crippen LogP contribution in [0.25, 0.3) is 44.2 Å². The van der Waals surface area contributed by atoms with Gasteiger partial charge in [0.1, 0.15) is 11.2 Å². The highest BCUT2D eigenvalue weighted by Crippen LogP contribution is 2.63. The van der Waals surface area contributed by atoms with E-state index in [1.54, 1.807) is 0 Å². The molecule has 11 rings (SSSR count). The molecule has 2 nitrogen and oxygen atoms in total. The third kappa shape index (κ3) is 4.14. The van der Waals surface area contributed by atoms with Gasteiger partial charge in [-0.05, 0) is 105 Å². The Bertz CT molecular complexity index is 2790. The highest BCUT2D eigenvalue weighted by atomic mass is 32.2. The normalized spacial score (nSPS) is 13.5. The standard InChI is InChI=1S/C49H31NOS/c1-3-15-32(16-4-1)33-17-13-20-35(29-33)50(34-18-5-2-6-19-34)43-25-14-26-44-48(43)38-30-37-36-21-7-8-22-39(36)49(42(37)31-45(38)51-44)40-23-9-11-27-46(40)52-47-28-12-10-24-41(47)49/h1-31H. The van der Waals surface area contributed by atoms with Gasteiger partial charge in [0, 0.05) is 26.6 Å². The molecule has 2 heterocycles. The maximum atomic E-state index is 6.91. The Morgan fingerprint density at radius 1 is 0.423 bits per heavy atom. The summed E-state index contributed by atoms with van der Waals surface area (Å²) in [6, 6.07) is 68.2. The molecular weight excluding hydrogens is 651 g/mol. The first-order chi connectivity index (χ1) is 25.8. The lowest BCUT2D eigenvalue weighted by Gasteiger charge is -2.39. The van der Waals surface area contributed by atoms with Crippen LogP contribution in [0.3, 0.4) is 0 Å². The predicted octanol–water partition coefficient (Wildman–Crippen LogP) is 13.6. The zero-order chi connectivity index (χ0) is 34.2. The maximum Gasteiger partial charge on any atom is 0.137 e. The molecule has 1 aliphatic heterocycles. The molecule has 0 N–H and O–H groups in total. The van der Waals surface area contributed by atoms with Gasteiger partial charge in [-0.3, -0.25) is 0 Å². The van der Waals surface area contributed by atoms with Gasteiger partial charge in [0.2, 0.25) is 0 Å². The second kappa shape index (κ2) is 11.4. The fourth-order valence-electron chi connectivity index (χ4n) is 8.80. The average molecular weight is 682 g/mol. The highest BCUT2D eigenvalue weighted by Gasteiger charge is 2.50. The van der Waals surface area contributed by atoms with E-state index in [0.717, 1.165) is 39.0 Å². The molecule has 0 saturated heterocycles. The number of rotatable bonds is 4. The van der Waals surface area contributed by atoms with Gasteiger partial charge >= 0.3 is 0 Å². The molecule has 0 fully saturated rings. The number of para-hydroxylation sites is 1. The maximum absolute atomic E-state index is 6.91. The lowest BCUT2D eigenvalue weighted by atomic mass is 9.67. The average Bonchev–Trinajstić information content (AvgIpc) is 3.72. The molecule has 1 aromatic heterocycles. The van der Waals surface area contributed by atoms with Gasteiger partial charge in [-0.25, -0.2) is 0 Å². The van der Waals surface area contributed by atoms with Crippen molar-refractivity contribution in [3.05, 3.63) is 210 Å². The SMILES string of the molecule is c1ccc(-c2cccc(N(c3ccccc3)c3cccc4oc5cc6c(cc5c34)-c3ccccc3C63c4ccccc4Sc4ccccc43)c2)cc1. The number of fused-ring (bicyclic) bond motifs is 12. The smallest absolute Gasteiger partial charge is 0.137 e.